The number of hydrogen-bond acceptors (Lipinski definition) is 4. The summed E-state index contributed by atoms with van der Waals surface area (Å²) in [7, 11) is 1.50. The summed E-state index contributed by atoms with van der Waals surface area (Å²) in [4.78, 5) is 13.5. The van der Waals surface area contributed by atoms with Crippen molar-refractivity contribution in [3.63, 3.8) is 0 Å². The van der Waals surface area contributed by atoms with E-state index in [1.807, 2.05) is 13.8 Å². The van der Waals surface area contributed by atoms with Crippen molar-refractivity contribution >= 4 is 6.08 Å². The summed E-state index contributed by atoms with van der Waals surface area (Å²) in [6.45, 7) is 3.97. The summed E-state index contributed by atoms with van der Waals surface area (Å²) < 4.78 is 5.06. The second kappa shape index (κ2) is 4.62. The molecule has 0 atom stereocenters. The number of aliphatic imine (C=N–C) groups is 1. The number of rotatable bonds is 3. The van der Waals surface area contributed by atoms with Gasteiger partial charge in [-0.3, -0.25) is 0 Å². The van der Waals surface area contributed by atoms with Gasteiger partial charge in [-0.1, -0.05) is 0 Å². The zero-order valence-electron chi connectivity index (χ0n) is 9.00. The molecule has 0 amide bonds. The fraction of sp³-hybridized carbons (Fsp3) is 0.364. The maximum absolute atomic E-state index is 10.0. The Hall–Kier alpha value is -1.80. The van der Waals surface area contributed by atoms with Crippen molar-refractivity contribution in [2.75, 3.05) is 7.11 Å². The van der Waals surface area contributed by atoms with Gasteiger partial charge in [-0.25, -0.2) is 9.79 Å². The van der Waals surface area contributed by atoms with Crippen molar-refractivity contribution in [1.82, 2.24) is 0 Å². The third kappa shape index (κ3) is 2.17. The van der Waals surface area contributed by atoms with Gasteiger partial charge >= 0.3 is 0 Å². The molecule has 4 heteroatoms. The van der Waals surface area contributed by atoms with E-state index in [2.05, 4.69) is 4.99 Å². The number of phenolic OH excluding ortho intramolecular Hbond substituents is 1. The lowest BCUT2D eigenvalue weighted by Crippen LogP contribution is -1.96. The van der Waals surface area contributed by atoms with E-state index in [1.165, 1.54) is 13.2 Å². The standard InChI is InChI=1S/C11H13NO3/c1-7-8(2)11(15-3)10(14)4-9(7)5-12-6-13/h4,14H,5H2,1-3H3. The van der Waals surface area contributed by atoms with Gasteiger partial charge in [-0.2, -0.15) is 0 Å². The van der Waals surface area contributed by atoms with Crippen LogP contribution in [0.4, 0.5) is 0 Å². The van der Waals surface area contributed by atoms with Crippen LogP contribution in [0, 0.1) is 13.8 Å². The molecule has 0 fully saturated rings. The molecule has 0 bridgehead atoms. The monoisotopic (exact) mass is 207 g/mol. The number of aromatic hydroxyl groups is 1. The average molecular weight is 207 g/mol. The number of carbonyl (C=O) groups excluding carboxylic acids is 1. The Balaban J connectivity index is 3.26. The summed E-state index contributed by atoms with van der Waals surface area (Å²) in [5, 5.41) is 9.63. The van der Waals surface area contributed by atoms with E-state index in [0.29, 0.717) is 5.75 Å². The number of ether oxygens (including phenoxy) is 1. The highest BCUT2D eigenvalue weighted by atomic mass is 16.5. The van der Waals surface area contributed by atoms with Crippen LogP contribution in [0.1, 0.15) is 16.7 Å². The molecule has 0 aromatic heterocycles. The number of hydrogen-bond donors (Lipinski definition) is 1. The number of isocyanates is 1. The molecule has 1 rings (SSSR count). The molecule has 0 aliphatic rings. The van der Waals surface area contributed by atoms with Crippen LogP contribution in [-0.2, 0) is 11.3 Å². The minimum atomic E-state index is 0.0664. The van der Waals surface area contributed by atoms with Gasteiger partial charge in [0, 0.05) is 0 Å². The summed E-state index contributed by atoms with van der Waals surface area (Å²) in [6, 6.07) is 1.56. The lowest BCUT2D eigenvalue weighted by atomic mass is 10.0. The molecule has 1 N–H and O–H groups in total. The number of methoxy groups -OCH3 is 1. The van der Waals surface area contributed by atoms with Gasteiger partial charge in [-0.15, -0.1) is 0 Å². The van der Waals surface area contributed by atoms with Crippen LogP contribution in [0.5, 0.6) is 11.5 Å². The molecule has 4 nitrogen and oxygen atoms in total. The fourth-order valence-corrected chi connectivity index (χ4v) is 1.48. The summed E-state index contributed by atoms with van der Waals surface area (Å²) in [5.41, 5.74) is 2.62. The minimum Gasteiger partial charge on any atom is -0.504 e. The Morgan fingerprint density at radius 3 is 2.67 bits per heavy atom. The van der Waals surface area contributed by atoms with Crippen LogP contribution >= 0.6 is 0 Å². The number of benzene rings is 1. The zero-order valence-corrected chi connectivity index (χ0v) is 9.00. The lowest BCUT2D eigenvalue weighted by molar-refractivity contribution is 0.370. The average Bonchev–Trinajstić information content (AvgIpc) is 2.22. The van der Waals surface area contributed by atoms with Gasteiger partial charge in [0.15, 0.2) is 11.5 Å². The molecule has 15 heavy (non-hydrogen) atoms. The maximum Gasteiger partial charge on any atom is 0.235 e. The molecule has 1 aromatic rings. The Morgan fingerprint density at radius 2 is 2.13 bits per heavy atom. The highest BCUT2D eigenvalue weighted by Crippen LogP contribution is 2.34. The molecule has 0 saturated heterocycles. The normalized spacial score (nSPS) is 9.53. The largest absolute Gasteiger partial charge is 0.504 e. The molecule has 0 spiro atoms. The molecule has 0 unspecified atom stereocenters. The molecule has 0 radical (unpaired) electrons. The summed E-state index contributed by atoms with van der Waals surface area (Å²) in [5.74, 6) is 0.531. The maximum atomic E-state index is 10.0. The zero-order chi connectivity index (χ0) is 11.4. The van der Waals surface area contributed by atoms with E-state index in [4.69, 9.17) is 4.74 Å². The second-order valence-corrected chi connectivity index (χ2v) is 3.25. The molecule has 1 aromatic carbocycles. The molecule has 80 valence electrons. The predicted octanol–water partition coefficient (Wildman–Crippen LogP) is 1.85. The number of nitrogens with zero attached hydrogens (tertiary/aromatic N) is 1. The molecule has 0 heterocycles. The first-order valence-electron chi connectivity index (χ1n) is 4.51. The molecule has 0 aliphatic carbocycles. The van der Waals surface area contributed by atoms with E-state index in [1.54, 1.807) is 6.07 Å². The van der Waals surface area contributed by atoms with Crippen LogP contribution in [-0.4, -0.2) is 18.3 Å². The van der Waals surface area contributed by atoms with Crippen molar-refractivity contribution in [2.45, 2.75) is 20.4 Å². The number of phenols is 1. The predicted molar refractivity (Wildman–Crippen MR) is 56.0 cm³/mol. The quantitative estimate of drug-likeness (QED) is 0.607. The molecule has 0 aliphatic heterocycles. The SMILES string of the molecule is COc1c(O)cc(CN=C=O)c(C)c1C. The van der Waals surface area contributed by atoms with E-state index in [0.717, 1.165) is 16.7 Å². The van der Waals surface area contributed by atoms with Gasteiger partial charge in [0.1, 0.15) is 0 Å². The molecule has 0 saturated carbocycles. The fourth-order valence-electron chi connectivity index (χ4n) is 1.48. The second-order valence-electron chi connectivity index (χ2n) is 3.25. The highest BCUT2D eigenvalue weighted by molar-refractivity contribution is 5.53. The highest BCUT2D eigenvalue weighted by Gasteiger charge is 2.11. The van der Waals surface area contributed by atoms with E-state index in [9.17, 15) is 9.90 Å². The smallest absolute Gasteiger partial charge is 0.235 e. The Morgan fingerprint density at radius 1 is 1.47 bits per heavy atom. The van der Waals surface area contributed by atoms with Crippen LogP contribution in [0.3, 0.4) is 0 Å². The molecular formula is C11H13NO3. The Labute approximate surface area is 88.2 Å². The third-order valence-electron chi connectivity index (χ3n) is 2.45. The molecular weight excluding hydrogens is 194 g/mol. The Kier molecular flexibility index (Phi) is 3.47. The van der Waals surface area contributed by atoms with Crippen molar-refractivity contribution in [1.29, 1.82) is 0 Å². The van der Waals surface area contributed by atoms with Crippen molar-refractivity contribution in [2.24, 2.45) is 4.99 Å². The van der Waals surface area contributed by atoms with Crippen LogP contribution in [0.25, 0.3) is 0 Å². The van der Waals surface area contributed by atoms with Gasteiger partial charge in [0.05, 0.1) is 13.7 Å². The first-order chi connectivity index (χ1) is 7.11. The van der Waals surface area contributed by atoms with Crippen molar-refractivity contribution < 1.29 is 14.6 Å². The van der Waals surface area contributed by atoms with E-state index in [-0.39, 0.29) is 12.3 Å². The van der Waals surface area contributed by atoms with Crippen LogP contribution in [0.15, 0.2) is 11.1 Å². The van der Waals surface area contributed by atoms with Crippen LogP contribution < -0.4 is 4.74 Å². The summed E-state index contributed by atoms with van der Waals surface area (Å²) in [6.07, 6.45) is 1.47. The van der Waals surface area contributed by atoms with E-state index < -0.39 is 0 Å². The topological polar surface area (TPSA) is 58.9 Å². The Bertz CT molecular complexity index is 420. The van der Waals surface area contributed by atoms with Gasteiger partial charge in [0.2, 0.25) is 6.08 Å². The van der Waals surface area contributed by atoms with Crippen molar-refractivity contribution in [3.05, 3.63) is 22.8 Å². The van der Waals surface area contributed by atoms with Crippen LogP contribution in [0.2, 0.25) is 0 Å². The third-order valence-corrected chi connectivity index (χ3v) is 2.45. The van der Waals surface area contributed by atoms with Crippen molar-refractivity contribution in [3.8, 4) is 11.5 Å². The summed E-state index contributed by atoms with van der Waals surface area (Å²) >= 11 is 0. The van der Waals surface area contributed by atoms with Gasteiger partial charge < -0.3 is 9.84 Å². The minimum absolute atomic E-state index is 0.0664. The van der Waals surface area contributed by atoms with Gasteiger partial charge in [0.25, 0.3) is 0 Å². The lowest BCUT2D eigenvalue weighted by Gasteiger charge is -2.12. The van der Waals surface area contributed by atoms with Gasteiger partial charge in [-0.05, 0) is 36.6 Å². The first-order valence-corrected chi connectivity index (χ1v) is 4.51. The first kappa shape index (κ1) is 11.3. The van der Waals surface area contributed by atoms with E-state index >= 15 is 0 Å².